The molecule has 13 aromatic rings. The molecule has 0 fully saturated rings. The van der Waals surface area contributed by atoms with Crippen LogP contribution in [0.2, 0.25) is 0 Å². The van der Waals surface area contributed by atoms with Crippen LogP contribution in [0.4, 0.5) is 17.1 Å². The highest BCUT2D eigenvalue weighted by Gasteiger charge is 2.46. The predicted molar refractivity (Wildman–Crippen MR) is 313 cm³/mol. The Labute approximate surface area is 437 Å². The van der Waals surface area contributed by atoms with E-state index < -0.39 is 5.41 Å². The molecule has 0 radical (unpaired) electrons. The first-order valence-corrected chi connectivity index (χ1v) is 25.8. The van der Waals surface area contributed by atoms with Gasteiger partial charge < -0.3 is 9.32 Å². The van der Waals surface area contributed by atoms with Gasteiger partial charge in [0.2, 0.25) is 0 Å². The molecule has 0 atom stereocenters. The molecule has 0 saturated heterocycles. The molecular weight excluding hydrogens is 907 g/mol. The summed E-state index contributed by atoms with van der Waals surface area (Å²) in [6.45, 7) is 0. The van der Waals surface area contributed by atoms with Crippen LogP contribution >= 0.6 is 0 Å². The highest BCUT2D eigenvalue weighted by molar-refractivity contribution is 6.06. The van der Waals surface area contributed by atoms with Crippen LogP contribution in [0.15, 0.2) is 302 Å². The molecule has 14 rings (SSSR count). The number of rotatable bonds is 10. The summed E-state index contributed by atoms with van der Waals surface area (Å²) in [6.07, 6.45) is 0. The van der Waals surface area contributed by atoms with Crippen LogP contribution < -0.4 is 4.90 Å². The fourth-order valence-corrected chi connectivity index (χ4v) is 12.0. The van der Waals surface area contributed by atoms with Crippen LogP contribution in [0.1, 0.15) is 22.3 Å². The maximum atomic E-state index is 6.21. The highest BCUT2D eigenvalue weighted by atomic mass is 16.3. The summed E-state index contributed by atoms with van der Waals surface area (Å²) in [5.74, 6) is 0. The van der Waals surface area contributed by atoms with Crippen molar-refractivity contribution in [2.24, 2.45) is 0 Å². The van der Waals surface area contributed by atoms with Gasteiger partial charge in [-0.2, -0.15) is 0 Å². The van der Waals surface area contributed by atoms with E-state index in [4.69, 9.17) is 4.42 Å². The predicted octanol–water partition coefficient (Wildman–Crippen LogP) is 19.8. The molecule has 1 heterocycles. The molecule has 1 aliphatic carbocycles. The van der Waals surface area contributed by atoms with Crippen molar-refractivity contribution in [2.45, 2.75) is 5.41 Å². The van der Waals surface area contributed by atoms with Gasteiger partial charge >= 0.3 is 0 Å². The minimum atomic E-state index is -0.490. The average Bonchev–Trinajstić information content (AvgIpc) is 4.09. The Bertz CT molecular complexity index is 4160. The molecule has 0 bridgehead atoms. The standard InChI is InChI=1S/C73H49NO/c1-5-19-52(20-6-1)62-45-39-54(48-66(62)53-21-7-2-8-22-53)50-35-41-59(42-36-50)74(60-43-37-51(38-44-60)55-40-46-71-67(49-55)64-29-14-16-34-70(64)75-71)61-28-17-23-56(47-61)63-31-18-33-69-72(63)65-30-13-15-32-68(65)73(69,57-24-9-3-10-25-57)58-26-11-4-12-27-58/h1-49H. The van der Waals surface area contributed by atoms with Gasteiger partial charge in [-0.1, -0.05) is 237 Å². The zero-order valence-electron chi connectivity index (χ0n) is 41.1. The lowest BCUT2D eigenvalue weighted by atomic mass is 9.67. The van der Waals surface area contributed by atoms with E-state index in [0.29, 0.717) is 0 Å². The summed E-state index contributed by atoms with van der Waals surface area (Å²) >= 11 is 0. The van der Waals surface area contributed by atoms with Crippen LogP contribution in [0.5, 0.6) is 0 Å². The van der Waals surface area contributed by atoms with Crippen molar-refractivity contribution in [1.29, 1.82) is 0 Å². The van der Waals surface area contributed by atoms with Gasteiger partial charge in [-0.15, -0.1) is 0 Å². The number of furan rings is 1. The van der Waals surface area contributed by atoms with Crippen LogP contribution in [0, 0.1) is 0 Å². The first-order chi connectivity index (χ1) is 37.2. The first kappa shape index (κ1) is 44.0. The monoisotopic (exact) mass is 955 g/mol. The van der Waals surface area contributed by atoms with Crippen molar-refractivity contribution in [3.63, 3.8) is 0 Å². The second-order valence-electron chi connectivity index (χ2n) is 19.5. The number of hydrogen-bond acceptors (Lipinski definition) is 2. The van der Waals surface area contributed by atoms with E-state index in [2.05, 4.69) is 290 Å². The molecule has 0 spiro atoms. The summed E-state index contributed by atoms with van der Waals surface area (Å²) in [5, 5.41) is 2.25. The normalized spacial score (nSPS) is 12.4. The average molecular weight is 956 g/mol. The van der Waals surface area contributed by atoms with E-state index >= 15 is 0 Å². The van der Waals surface area contributed by atoms with Gasteiger partial charge in [0.1, 0.15) is 11.2 Å². The van der Waals surface area contributed by atoms with E-state index in [0.717, 1.165) is 61.3 Å². The van der Waals surface area contributed by atoms with Crippen LogP contribution in [0.3, 0.4) is 0 Å². The largest absolute Gasteiger partial charge is 0.456 e. The number of nitrogens with zero attached hydrogens (tertiary/aromatic N) is 1. The van der Waals surface area contributed by atoms with Gasteiger partial charge in [0, 0.05) is 27.8 Å². The number of fused-ring (bicyclic) bond motifs is 6. The van der Waals surface area contributed by atoms with Crippen molar-refractivity contribution in [3.8, 4) is 66.8 Å². The van der Waals surface area contributed by atoms with Gasteiger partial charge in [-0.05, 0) is 150 Å². The number of benzene rings is 12. The van der Waals surface area contributed by atoms with Crippen molar-refractivity contribution in [1.82, 2.24) is 0 Å². The molecule has 0 saturated carbocycles. The minimum Gasteiger partial charge on any atom is -0.456 e. The summed E-state index contributed by atoms with van der Waals surface area (Å²) in [7, 11) is 0. The Morgan fingerprint density at radius 1 is 0.253 bits per heavy atom. The van der Waals surface area contributed by atoms with Gasteiger partial charge in [0.15, 0.2) is 0 Å². The lowest BCUT2D eigenvalue weighted by Crippen LogP contribution is -2.28. The smallest absolute Gasteiger partial charge is 0.135 e. The van der Waals surface area contributed by atoms with E-state index in [1.807, 2.05) is 12.1 Å². The summed E-state index contributed by atoms with van der Waals surface area (Å²) in [4.78, 5) is 2.40. The summed E-state index contributed by atoms with van der Waals surface area (Å²) in [6, 6.07) is 108. The van der Waals surface area contributed by atoms with Gasteiger partial charge in [0.25, 0.3) is 0 Å². The highest BCUT2D eigenvalue weighted by Crippen LogP contribution is 2.58. The SMILES string of the molecule is c1ccc(-c2ccc(-c3ccc(N(c4ccc(-c5ccc6oc7ccccc7c6c5)cc4)c4cccc(-c5cccc6c5-c5ccccc5C6(c5ccccc5)c5ccccc5)c4)cc3)cc2-c2ccccc2)cc1. The van der Waals surface area contributed by atoms with Gasteiger partial charge in [0.05, 0.1) is 5.41 Å². The van der Waals surface area contributed by atoms with Crippen LogP contribution in [-0.2, 0) is 5.41 Å². The number of para-hydroxylation sites is 1. The Morgan fingerprint density at radius 3 is 1.43 bits per heavy atom. The van der Waals surface area contributed by atoms with Gasteiger partial charge in [-0.25, -0.2) is 0 Å². The molecule has 0 unspecified atom stereocenters. The number of hydrogen-bond donors (Lipinski definition) is 0. The maximum Gasteiger partial charge on any atom is 0.135 e. The molecule has 2 nitrogen and oxygen atoms in total. The van der Waals surface area contributed by atoms with Crippen molar-refractivity contribution in [2.75, 3.05) is 4.90 Å². The summed E-state index contributed by atoms with van der Waals surface area (Å²) in [5.41, 5.74) is 23.9. The molecule has 352 valence electrons. The van der Waals surface area contributed by atoms with Crippen molar-refractivity contribution >= 4 is 39.0 Å². The molecule has 0 amide bonds. The number of anilines is 3. The Kier molecular flexibility index (Phi) is 10.8. The van der Waals surface area contributed by atoms with Crippen LogP contribution in [-0.4, -0.2) is 0 Å². The van der Waals surface area contributed by atoms with E-state index in [1.54, 1.807) is 0 Å². The Hall–Kier alpha value is -9.76. The quantitative estimate of drug-likeness (QED) is 0.136. The molecule has 2 heteroatoms. The third-order valence-electron chi connectivity index (χ3n) is 15.4. The zero-order valence-corrected chi connectivity index (χ0v) is 41.1. The second kappa shape index (κ2) is 18.4. The molecule has 12 aromatic carbocycles. The lowest BCUT2D eigenvalue weighted by Gasteiger charge is -2.34. The fourth-order valence-electron chi connectivity index (χ4n) is 12.0. The molecule has 1 aromatic heterocycles. The zero-order chi connectivity index (χ0) is 49.7. The molecule has 1 aliphatic rings. The van der Waals surface area contributed by atoms with Gasteiger partial charge in [-0.3, -0.25) is 0 Å². The third kappa shape index (κ3) is 7.49. The van der Waals surface area contributed by atoms with E-state index in [9.17, 15) is 0 Å². The summed E-state index contributed by atoms with van der Waals surface area (Å²) < 4.78 is 6.21. The molecule has 75 heavy (non-hydrogen) atoms. The molecule has 0 aliphatic heterocycles. The Balaban J connectivity index is 0.900. The molecule has 0 N–H and O–H groups in total. The maximum absolute atomic E-state index is 6.21. The first-order valence-electron chi connectivity index (χ1n) is 25.8. The topological polar surface area (TPSA) is 16.4 Å². The van der Waals surface area contributed by atoms with Crippen molar-refractivity contribution in [3.05, 3.63) is 320 Å². The Morgan fingerprint density at radius 2 is 0.747 bits per heavy atom. The van der Waals surface area contributed by atoms with Crippen LogP contribution in [0.25, 0.3) is 88.7 Å². The van der Waals surface area contributed by atoms with E-state index in [1.165, 1.54) is 66.8 Å². The third-order valence-corrected chi connectivity index (χ3v) is 15.4. The molecular formula is C73H49NO. The lowest BCUT2D eigenvalue weighted by molar-refractivity contribution is 0.669. The van der Waals surface area contributed by atoms with E-state index in [-0.39, 0.29) is 0 Å². The fraction of sp³-hybridized carbons (Fsp3) is 0.0137. The minimum absolute atomic E-state index is 0.490. The second-order valence-corrected chi connectivity index (χ2v) is 19.5. The van der Waals surface area contributed by atoms with Crippen molar-refractivity contribution < 1.29 is 4.42 Å².